The fraction of sp³-hybridized carbons (Fsp3) is 0.438. The van der Waals surface area contributed by atoms with Gasteiger partial charge in [-0.25, -0.2) is 4.98 Å². The maximum atomic E-state index is 4.77. The molecule has 0 unspecified atom stereocenters. The van der Waals surface area contributed by atoms with Gasteiger partial charge in [-0.05, 0) is 36.1 Å². The highest BCUT2D eigenvalue weighted by molar-refractivity contribution is 7.09. The van der Waals surface area contributed by atoms with Gasteiger partial charge >= 0.3 is 0 Å². The molecule has 0 spiro atoms. The summed E-state index contributed by atoms with van der Waals surface area (Å²) in [6, 6.07) is 6.78. The topological polar surface area (TPSA) is 24.9 Å². The Bertz CT molecular complexity index is 572. The number of nitrogens with one attached hydrogen (secondary N) is 1. The van der Waals surface area contributed by atoms with E-state index in [1.165, 1.54) is 21.7 Å². The summed E-state index contributed by atoms with van der Waals surface area (Å²) in [6.45, 7) is 6.58. The molecule has 1 aromatic heterocycles. The summed E-state index contributed by atoms with van der Waals surface area (Å²) in [5.74, 6) is 0.675. The fourth-order valence-electron chi connectivity index (χ4n) is 2.52. The molecule has 0 bridgehead atoms. The molecular formula is C16H20N2S. The molecule has 0 fully saturated rings. The summed E-state index contributed by atoms with van der Waals surface area (Å²) in [5.41, 5.74) is 5.33. The van der Waals surface area contributed by atoms with Crippen LogP contribution in [0, 0.1) is 5.92 Å². The Balaban J connectivity index is 1.87. The average Bonchev–Trinajstić information content (AvgIpc) is 2.86. The molecular weight excluding hydrogens is 252 g/mol. The minimum absolute atomic E-state index is 0.675. The molecule has 19 heavy (non-hydrogen) atoms. The maximum Gasteiger partial charge on any atom is 0.0935 e. The molecule has 0 amide bonds. The molecule has 2 heterocycles. The molecule has 0 saturated heterocycles. The Hall–Kier alpha value is -1.19. The predicted octanol–water partition coefficient (Wildman–Crippen LogP) is 3.65. The summed E-state index contributed by atoms with van der Waals surface area (Å²) in [7, 11) is 0. The third-order valence-corrected chi connectivity index (χ3v) is 4.39. The second-order valence-corrected chi connectivity index (χ2v) is 6.58. The summed E-state index contributed by atoms with van der Waals surface area (Å²) in [4.78, 5) is 4.77. The van der Waals surface area contributed by atoms with Crippen molar-refractivity contribution in [2.45, 2.75) is 33.2 Å². The second-order valence-electron chi connectivity index (χ2n) is 5.63. The molecule has 0 atom stereocenters. The van der Waals surface area contributed by atoms with Gasteiger partial charge in [0.1, 0.15) is 0 Å². The van der Waals surface area contributed by atoms with Crippen LogP contribution in [0.5, 0.6) is 0 Å². The van der Waals surface area contributed by atoms with Crippen molar-refractivity contribution in [1.82, 2.24) is 10.3 Å². The standard InChI is InChI=1S/C16H20N2S/c1-11(2)7-16-18-15(10-19-16)13-3-4-14-9-17-6-5-12(14)8-13/h3-4,8,10-11,17H,5-7,9H2,1-2H3. The number of fused-ring (bicyclic) bond motifs is 1. The Kier molecular flexibility index (Phi) is 3.67. The highest BCUT2D eigenvalue weighted by Crippen LogP contribution is 2.26. The molecule has 0 radical (unpaired) electrons. The summed E-state index contributed by atoms with van der Waals surface area (Å²) in [5, 5.41) is 6.86. The lowest BCUT2D eigenvalue weighted by Gasteiger charge is -2.17. The van der Waals surface area contributed by atoms with Crippen LogP contribution in [0.25, 0.3) is 11.3 Å². The zero-order valence-corrected chi connectivity index (χ0v) is 12.4. The first-order valence-corrected chi connectivity index (χ1v) is 7.87. The van der Waals surface area contributed by atoms with Crippen LogP contribution in [-0.4, -0.2) is 11.5 Å². The van der Waals surface area contributed by atoms with E-state index in [9.17, 15) is 0 Å². The van der Waals surface area contributed by atoms with Crippen molar-refractivity contribution in [3.63, 3.8) is 0 Å². The highest BCUT2D eigenvalue weighted by atomic mass is 32.1. The normalized spacial score (nSPS) is 14.7. The Morgan fingerprint density at radius 2 is 2.21 bits per heavy atom. The average molecular weight is 272 g/mol. The highest BCUT2D eigenvalue weighted by Gasteiger charge is 2.11. The van der Waals surface area contributed by atoms with Crippen LogP contribution in [0.3, 0.4) is 0 Å². The van der Waals surface area contributed by atoms with Crippen molar-refractivity contribution in [1.29, 1.82) is 0 Å². The summed E-state index contributed by atoms with van der Waals surface area (Å²) in [6.07, 6.45) is 2.21. The molecule has 1 N–H and O–H groups in total. The maximum absolute atomic E-state index is 4.77. The largest absolute Gasteiger partial charge is 0.312 e. The monoisotopic (exact) mass is 272 g/mol. The Morgan fingerprint density at radius 1 is 1.32 bits per heavy atom. The van der Waals surface area contributed by atoms with Crippen LogP contribution < -0.4 is 5.32 Å². The zero-order valence-electron chi connectivity index (χ0n) is 11.6. The number of hydrogen-bond acceptors (Lipinski definition) is 3. The lowest BCUT2D eigenvalue weighted by molar-refractivity contribution is 0.643. The van der Waals surface area contributed by atoms with Crippen LogP contribution in [0.1, 0.15) is 30.0 Å². The van der Waals surface area contributed by atoms with Gasteiger partial charge < -0.3 is 5.32 Å². The van der Waals surface area contributed by atoms with E-state index in [1.807, 2.05) is 0 Å². The number of nitrogens with zero attached hydrogens (tertiary/aromatic N) is 1. The van der Waals surface area contributed by atoms with Crippen molar-refractivity contribution in [2.75, 3.05) is 6.54 Å². The third-order valence-electron chi connectivity index (χ3n) is 3.52. The van der Waals surface area contributed by atoms with Gasteiger partial charge in [0.15, 0.2) is 0 Å². The first-order chi connectivity index (χ1) is 9.22. The van der Waals surface area contributed by atoms with E-state index in [1.54, 1.807) is 11.3 Å². The molecule has 2 nitrogen and oxygen atoms in total. The molecule has 2 aromatic rings. The van der Waals surface area contributed by atoms with Crippen LogP contribution in [-0.2, 0) is 19.4 Å². The van der Waals surface area contributed by atoms with Gasteiger partial charge in [-0.3, -0.25) is 0 Å². The van der Waals surface area contributed by atoms with Crippen LogP contribution in [0.15, 0.2) is 23.6 Å². The summed E-state index contributed by atoms with van der Waals surface area (Å²) >= 11 is 1.79. The third kappa shape index (κ3) is 2.88. The molecule has 3 rings (SSSR count). The second kappa shape index (κ2) is 5.43. The van der Waals surface area contributed by atoms with Crippen LogP contribution in [0.4, 0.5) is 0 Å². The zero-order chi connectivity index (χ0) is 13.2. The first kappa shape index (κ1) is 12.8. The number of hydrogen-bond donors (Lipinski definition) is 1. The van der Waals surface area contributed by atoms with E-state index >= 15 is 0 Å². The van der Waals surface area contributed by atoms with Gasteiger partial charge in [0, 0.05) is 23.9 Å². The van der Waals surface area contributed by atoms with Crippen LogP contribution in [0.2, 0.25) is 0 Å². The van der Waals surface area contributed by atoms with Crippen molar-refractivity contribution in [2.24, 2.45) is 5.92 Å². The Labute approximate surface area is 118 Å². The number of thiazole rings is 1. The van der Waals surface area contributed by atoms with E-state index < -0.39 is 0 Å². The van der Waals surface area contributed by atoms with Gasteiger partial charge in [0.05, 0.1) is 10.7 Å². The minimum atomic E-state index is 0.675. The molecule has 0 aliphatic carbocycles. The van der Waals surface area contributed by atoms with Gasteiger partial charge in [-0.2, -0.15) is 0 Å². The van der Waals surface area contributed by atoms with Gasteiger partial charge in [0.2, 0.25) is 0 Å². The van der Waals surface area contributed by atoms with Crippen molar-refractivity contribution < 1.29 is 0 Å². The smallest absolute Gasteiger partial charge is 0.0935 e. The minimum Gasteiger partial charge on any atom is -0.312 e. The number of rotatable bonds is 3. The predicted molar refractivity (Wildman–Crippen MR) is 81.5 cm³/mol. The van der Waals surface area contributed by atoms with E-state index in [2.05, 4.69) is 42.7 Å². The lowest BCUT2D eigenvalue weighted by atomic mass is 9.97. The number of aromatic nitrogens is 1. The molecule has 3 heteroatoms. The molecule has 1 aliphatic heterocycles. The van der Waals surface area contributed by atoms with Crippen LogP contribution >= 0.6 is 11.3 Å². The number of benzene rings is 1. The molecule has 1 aliphatic rings. The van der Waals surface area contributed by atoms with E-state index in [-0.39, 0.29) is 0 Å². The SMILES string of the molecule is CC(C)Cc1nc(-c2ccc3c(c2)CCNC3)cs1. The molecule has 0 saturated carbocycles. The lowest BCUT2D eigenvalue weighted by Crippen LogP contribution is -2.23. The van der Waals surface area contributed by atoms with Crippen molar-refractivity contribution in [3.05, 3.63) is 39.7 Å². The van der Waals surface area contributed by atoms with E-state index in [0.29, 0.717) is 5.92 Å². The molecule has 100 valence electrons. The van der Waals surface area contributed by atoms with E-state index in [0.717, 1.165) is 31.6 Å². The first-order valence-electron chi connectivity index (χ1n) is 6.99. The molecule has 1 aromatic carbocycles. The van der Waals surface area contributed by atoms with Gasteiger partial charge in [-0.15, -0.1) is 11.3 Å². The summed E-state index contributed by atoms with van der Waals surface area (Å²) < 4.78 is 0. The van der Waals surface area contributed by atoms with Crippen molar-refractivity contribution in [3.8, 4) is 11.3 Å². The Morgan fingerprint density at radius 3 is 3.05 bits per heavy atom. The van der Waals surface area contributed by atoms with Gasteiger partial charge in [-0.1, -0.05) is 26.0 Å². The van der Waals surface area contributed by atoms with E-state index in [4.69, 9.17) is 4.98 Å². The van der Waals surface area contributed by atoms with Crippen molar-refractivity contribution >= 4 is 11.3 Å². The van der Waals surface area contributed by atoms with Gasteiger partial charge in [0.25, 0.3) is 0 Å². The quantitative estimate of drug-likeness (QED) is 0.922. The fourth-order valence-corrected chi connectivity index (χ4v) is 3.54.